The van der Waals surface area contributed by atoms with E-state index in [-0.39, 0.29) is 70.3 Å². The van der Waals surface area contributed by atoms with Gasteiger partial charge in [-0.1, -0.05) is 13.8 Å². The van der Waals surface area contributed by atoms with E-state index < -0.39 is 134 Å². The van der Waals surface area contributed by atoms with Crippen molar-refractivity contribution in [2.24, 2.45) is 22.7 Å². The SMILES string of the molecule is C[C@]1(CC(=O)O)C(CCC(=O)O)=C2/C=C3\NC(/C=c4\[nH]/c(c(CCC(=O)O)c4CC(=O)O)=C\C4=C(CCC(=O)O)[C@H](CC(=O)O)/C(=C\C1N2)N4)[C@@H](CCC(=O)O)[C@]3(C)CC(=O)O. The van der Waals surface area contributed by atoms with Crippen LogP contribution in [0.4, 0.5) is 0 Å². The lowest BCUT2D eigenvalue weighted by Crippen LogP contribution is -2.38. The van der Waals surface area contributed by atoms with Gasteiger partial charge < -0.3 is 61.8 Å². The molecule has 62 heavy (non-hydrogen) atoms. The second-order valence-corrected chi connectivity index (χ2v) is 16.6. The van der Waals surface area contributed by atoms with Gasteiger partial charge in [0.15, 0.2) is 0 Å². The van der Waals surface area contributed by atoms with Crippen LogP contribution in [0.1, 0.15) is 89.2 Å². The van der Waals surface area contributed by atoms with Crippen LogP contribution in [0.15, 0.2) is 46.1 Å². The van der Waals surface area contributed by atoms with Gasteiger partial charge in [0.25, 0.3) is 0 Å². The first-order chi connectivity index (χ1) is 29.0. The monoisotopic (exact) mass is 866 g/mol. The molecule has 6 atom stereocenters. The van der Waals surface area contributed by atoms with Crippen molar-refractivity contribution in [3.05, 3.63) is 67.9 Å². The summed E-state index contributed by atoms with van der Waals surface area (Å²) in [6.45, 7) is 3.22. The largest absolute Gasteiger partial charge is 0.481 e. The summed E-state index contributed by atoms with van der Waals surface area (Å²) in [7, 11) is 0. The number of carbonyl (C=O) groups is 8. The fourth-order valence-corrected chi connectivity index (χ4v) is 9.52. The number of aromatic nitrogens is 1. The Morgan fingerprint density at radius 2 is 1.19 bits per heavy atom. The highest BCUT2D eigenvalue weighted by molar-refractivity contribution is 5.75. The van der Waals surface area contributed by atoms with E-state index in [1.807, 2.05) is 0 Å². The van der Waals surface area contributed by atoms with Gasteiger partial charge in [0.2, 0.25) is 0 Å². The Morgan fingerprint density at radius 1 is 0.597 bits per heavy atom. The van der Waals surface area contributed by atoms with Crippen molar-refractivity contribution in [2.75, 3.05) is 0 Å². The van der Waals surface area contributed by atoms with Gasteiger partial charge >= 0.3 is 47.8 Å². The van der Waals surface area contributed by atoms with Crippen molar-refractivity contribution >= 4 is 59.9 Å². The van der Waals surface area contributed by atoms with E-state index in [2.05, 4.69) is 20.9 Å². The third-order valence-corrected chi connectivity index (χ3v) is 12.4. The molecule has 1 aromatic heterocycles. The maximum absolute atomic E-state index is 12.6. The van der Waals surface area contributed by atoms with Crippen LogP contribution in [0.2, 0.25) is 0 Å². The summed E-state index contributed by atoms with van der Waals surface area (Å²) in [4.78, 5) is 101. The molecule has 0 aromatic carbocycles. The summed E-state index contributed by atoms with van der Waals surface area (Å²) in [6.07, 6.45) is 1.60. The summed E-state index contributed by atoms with van der Waals surface area (Å²) >= 11 is 0. The molecule has 5 heterocycles. The minimum atomic E-state index is -1.41. The number of rotatable bonds is 20. The van der Waals surface area contributed by atoms with Crippen molar-refractivity contribution in [1.29, 1.82) is 0 Å². The number of aliphatic carboxylic acids is 8. The number of aromatic amines is 1. The molecule has 4 aliphatic heterocycles. The van der Waals surface area contributed by atoms with Crippen molar-refractivity contribution in [3.63, 3.8) is 0 Å². The van der Waals surface area contributed by atoms with Gasteiger partial charge in [0.1, 0.15) is 0 Å². The number of H-pyrrole nitrogens is 1. The molecule has 20 nitrogen and oxygen atoms in total. The fourth-order valence-electron chi connectivity index (χ4n) is 9.52. The van der Waals surface area contributed by atoms with E-state index in [1.54, 1.807) is 32.1 Å². The van der Waals surface area contributed by atoms with E-state index in [4.69, 9.17) is 0 Å². The zero-order valence-electron chi connectivity index (χ0n) is 33.9. The maximum atomic E-state index is 12.6. The highest BCUT2D eigenvalue weighted by Gasteiger charge is 2.51. The van der Waals surface area contributed by atoms with Crippen molar-refractivity contribution in [2.45, 2.75) is 103 Å². The Balaban J connectivity index is 1.97. The smallest absolute Gasteiger partial charge is 0.307 e. The van der Waals surface area contributed by atoms with Crippen LogP contribution in [-0.4, -0.2) is 106 Å². The summed E-state index contributed by atoms with van der Waals surface area (Å²) in [5.41, 5.74) is -0.741. The van der Waals surface area contributed by atoms with Gasteiger partial charge in [0.05, 0.1) is 37.8 Å². The van der Waals surface area contributed by atoms with Crippen LogP contribution in [0.5, 0.6) is 0 Å². The van der Waals surface area contributed by atoms with E-state index in [0.717, 1.165) is 0 Å². The number of allylic oxidation sites excluding steroid dienone is 4. The molecule has 2 unspecified atom stereocenters. The molecule has 0 amide bonds. The second-order valence-electron chi connectivity index (χ2n) is 16.6. The first-order valence-corrected chi connectivity index (χ1v) is 19.9. The topological polar surface area (TPSA) is 350 Å². The average molecular weight is 867 g/mol. The predicted molar refractivity (Wildman–Crippen MR) is 214 cm³/mol. The van der Waals surface area contributed by atoms with E-state index >= 15 is 0 Å². The molecule has 0 spiro atoms. The molecule has 20 heteroatoms. The number of nitrogens with one attached hydrogen (secondary N) is 4. The van der Waals surface area contributed by atoms with Crippen molar-refractivity contribution in [3.8, 4) is 0 Å². The minimum absolute atomic E-state index is 0.0804. The van der Waals surface area contributed by atoms with Gasteiger partial charge in [-0.15, -0.1) is 0 Å². The van der Waals surface area contributed by atoms with E-state index in [0.29, 0.717) is 11.1 Å². The highest BCUT2D eigenvalue weighted by Crippen LogP contribution is 2.51. The molecule has 1 saturated heterocycles. The minimum Gasteiger partial charge on any atom is -0.481 e. The highest BCUT2D eigenvalue weighted by atomic mass is 16.4. The lowest BCUT2D eigenvalue weighted by atomic mass is 9.70. The summed E-state index contributed by atoms with van der Waals surface area (Å²) < 4.78 is 0. The normalized spacial score (nSPS) is 27.8. The summed E-state index contributed by atoms with van der Waals surface area (Å²) in [6, 6.07) is -1.90. The predicted octanol–water partition coefficient (Wildman–Crippen LogP) is 1.32. The molecular weight excluding hydrogens is 816 g/mol. The number of fused-ring (bicyclic) bond motifs is 8. The van der Waals surface area contributed by atoms with Crippen molar-refractivity contribution < 1.29 is 79.2 Å². The second kappa shape index (κ2) is 18.4. The average Bonchev–Trinajstić information content (AvgIpc) is 3.77. The van der Waals surface area contributed by atoms with Gasteiger partial charge in [0, 0.05) is 75.9 Å². The Kier molecular flexibility index (Phi) is 13.7. The molecule has 8 bridgehead atoms. The first kappa shape index (κ1) is 46.2. The van der Waals surface area contributed by atoms with Crippen LogP contribution in [0.25, 0.3) is 12.2 Å². The number of carboxylic acids is 8. The van der Waals surface area contributed by atoms with Gasteiger partial charge in [-0.05, 0) is 78.2 Å². The molecule has 1 aromatic rings. The van der Waals surface area contributed by atoms with E-state index in [9.17, 15) is 79.2 Å². The van der Waals surface area contributed by atoms with Gasteiger partial charge in [-0.2, -0.15) is 0 Å². The van der Waals surface area contributed by atoms with Crippen LogP contribution in [0.3, 0.4) is 0 Å². The molecule has 5 rings (SSSR count). The quantitative estimate of drug-likeness (QED) is 0.0879. The summed E-state index contributed by atoms with van der Waals surface area (Å²) in [5, 5.41) is 90.1. The first-order valence-electron chi connectivity index (χ1n) is 19.9. The standard InChI is InChI=1S/C42H50N4O16/c1-41(17-39(59)60)23(5-9-35(51)52)29-14-27-21(11-37(55)56)19(3-7-33(47)48)25(43-27)13-26-20(4-8-34(49)50)22(12-38(57)58)28(44-26)15-31-42(2,18-40(61)62)24(6-10-36(53)54)30(46-31)16-32(41)45-29/h13-16,22-23,29,31,43-46H,3-12,17-18H2,1-2H3,(H,47,48)(H,49,50)(H,51,52)(H,53,54)(H,55,56)(H,57,58)(H,59,60)(H,61,62)/b25-13-,27-14-,28-15+,32-16-/t22-,23+,29?,31?,41-,42-/m0/s1. The Morgan fingerprint density at radius 3 is 1.77 bits per heavy atom. The summed E-state index contributed by atoms with van der Waals surface area (Å²) in [5.74, 6) is -11.6. The Labute approximate surface area is 353 Å². The van der Waals surface area contributed by atoms with Crippen LogP contribution in [0, 0.1) is 22.7 Å². The fraction of sp³-hybridized carbons (Fsp3) is 0.476. The van der Waals surface area contributed by atoms with Crippen LogP contribution in [-0.2, 0) is 51.2 Å². The van der Waals surface area contributed by atoms with Gasteiger partial charge in [-0.3, -0.25) is 38.4 Å². The third kappa shape index (κ3) is 10.2. The van der Waals surface area contributed by atoms with E-state index in [1.165, 1.54) is 6.08 Å². The lowest BCUT2D eigenvalue weighted by molar-refractivity contribution is -0.140. The lowest BCUT2D eigenvalue weighted by Gasteiger charge is -2.32. The third-order valence-electron chi connectivity index (χ3n) is 12.4. The number of hydrogen-bond acceptors (Lipinski definition) is 11. The molecule has 4 aliphatic rings. The molecule has 334 valence electrons. The van der Waals surface area contributed by atoms with Gasteiger partial charge in [-0.25, -0.2) is 0 Å². The zero-order valence-corrected chi connectivity index (χ0v) is 33.9. The molecular formula is C42H50N4O16. The molecule has 1 fully saturated rings. The Hall–Kier alpha value is -6.86. The molecule has 12 N–H and O–H groups in total. The molecule has 0 saturated carbocycles. The number of hydrogen-bond donors (Lipinski definition) is 12. The zero-order chi connectivity index (χ0) is 45.8. The maximum Gasteiger partial charge on any atom is 0.307 e. The van der Waals surface area contributed by atoms with Crippen LogP contribution < -0.4 is 26.6 Å². The molecule has 0 radical (unpaired) electrons. The van der Waals surface area contributed by atoms with Crippen molar-refractivity contribution in [1.82, 2.24) is 20.9 Å². The number of carboxylic acid groups (broad SMARTS) is 8. The van der Waals surface area contributed by atoms with Crippen LogP contribution >= 0.6 is 0 Å². The Bertz CT molecular complexity index is 2350. The molecule has 0 aliphatic carbocycles.